The molecule has 1 fully saturated rings. The molecule has 5 nitrogen and oxygen atoms in total. The molecule has 33 heavy (non-hydrogen) atoms. The summed E-state index contributed by atoms with van der Waals surface area (Å²) < 4.78 is 38.4. The number of benzene rings is 1. The van der Waals surface area contributed by atoms with Crippen LogP contribution in [0.2, 0.25) is 0 Å². The van der Waals surface area contributed by atoms with Crippen LogP contribution in [-0.4, -0.2) is 45.2 Å². The van der Waals surface area contributed by atoms with Crippen molar-refractivity contribution in [1.29, 1.82) is 0 Å². The monoisotopic (exact) mass is 473 g/mol. The van der Waals surface area contributed by atoms with Gasteiger partial charge in [0.2, 0.25) is 0 Å². The first-order valence-electron chi connectivity index (χ1n) is 11.1. The van der Waals surface area contributed by atoms with Gasteiger partial charge in [0, 0.05) is 47.2 Å². The molecular formula is C24H26F3N5S. The molecule has 4 heterocycles. The fourth-order valence-electron chi connectivity index (χ4n) is 4.68. The summed E-state index contributed by atoms with van der Waals surface area (Å²) in [6, 6.07) is 8.39. The number of anilines is 1. The summed E-state index contributed by atoms with van der Waals surface area (Å²) in [6.07, 6.45) is -1.82. The molecule has 3 aromatic heterocycles. The molecule has 1 aromatic carbocycles. The second-order valence-electron chi connectivity index (χ2n) is 8.90. The summed E-state index contributed by atoms with van der Waals surface area (Å²) >= 11 is 1.08. The maximum absolute atomic E-state index is 12.8. The molecule has 5 rings (SSSR count). The van der Waals surface area contributed by atoms with Crippen molar-refractivity contribution in [2.45, 2.75) is 51.9 Å². The molecule has 1 aliphatic rings. The summed E-state index contributed by atoms with van der Waals surface area (Å²) in [6.45, 7) is 7.10. The van der Waals surface area contributed by atoms with Gasteiger partial charge in [-0.25, -0.2) is 9.97 Å². The quantitative estimate of drug-likeness (QED) is 0.375. The number of rotatable bonds is 5. The van der Waals surface area contributed by atoms with Crippen molar-refractivity contribution < 1.29 is 13.2 Å². The molecule has 0 saturated carbocycles. The molecule has 0 radical (unpaired) electrons. The SMILES string of the molecule is Cc1cc2c(C)c(CN3CCC(Nc4ncnc5sc(CC(F)(F)F)cc45)CC3)ccc2[nH]1. The van der Waals surface area contributed by atoms with Crippen molar-refractivity contribution in [3.8, 4) is 0 Å². The normalized spacial score (nSPS) is 16.2. The highest BCUT2D eigenvalue weighted by Gasteiger charge is 2.29. The number of aryl methyl sites for hydroxylation is 2. The van der Waals surface area contributed by atoms with Crippen LogP contribution in [0.3, 0.4) is 0 Å². The Morgan fingerprint density at radius 2 is 1.91 bits per heavy atom. The highest BCUT2D eigenvalue weighted by atomic mass is 32.1. The molecule has 0 atom stereocenters. The van der Waals surface area contributed by atoms with Crippen LogP contribution in [0.25, 0.3) is 21.1 Å². The van der Waals surface area contributed by atoms with E-state index >= 15 is 0 Å². The van der Waals surface area contributed by atoms with Gasteiger partial charge in [0.1, 0.15) is 17.0 Å². The van der Waals surface area contributed by atoms with Crippen LogP contribution in [0, 0.1) is 13.8 Å². The average Bonchev–Trinajstić information content (AvgIpc) is 3.33. The van der Waals surface area contributed by atoms with Crippen molar-refractivity contribution in [2.75, 3.05) is 18.4 Å². The lowest BCUT2D eigenvalue weighted by molar-refractivity contribution is -0.126. The Bertz CT molecular complexity index is 1280. The van der Waals surface area contributed by atoms with Gasteiger partial charge in [-0.3, -0.25) is 4.90 Å². The highest BCUT2D eigenvalue weighted by Crippen LogP contribution is 2.33. The lowest BCUT2D eigenvalue weighted by Crippen LogP contribution is -2.38. The van der Waals surface area contributed by atoms with E-state index in [0.29, 0.717) is 16.0 Å². The number of alkyl halides is 3. The predicted molar refractivity (Wildman–Crippen MR) is 127 cm³/mol. The summed E-state index contributed by atoms with van der Waals surface area (Å²) in [7, 11) is 0. The van der Waals surface area contributed by atoms with E-state index < -0.39 is 12.6 Å². The molecule has 4 aromatic rings. The third-order valence-corrected chi connectivity index (χ3v) is 7.44. The zero-order chi connectivity index (χ0) is 23.2. The number of aromatic nitrogens is 3. The third kappa shape index (κ3) is 4.84. The number of likely N-dealkylation sites (tertiary alicyclic amines) is 1. The number of hydrogen-bond acceptors (Lipinski definition) is 5. The summed E-state index contributed by atoms with van der Waals surface area (Å²) in [5.74, 6) is 0.632. The molecule has 0 unspecified atom stereocenters. The first-order chi connectivity index (χ1) is 15.7. The van der Waals surface area contributed by atoms with Gasteiger partial charge in [-0.15, -0.1) is 11.3 Å². The van der Waals surface area contributed by atoms with Crippen molar-refractivity contribution in [2.24, 2.45) is 0 Å². The minimum absolute atomic E-state index is 0.237. The van der Waals surface area contributed by atoms with E-state index in [1.54, 1.807) is 6.07 Å². The molecule has 9 heteroatoms. The fraction of sp³-hybridized carbons (Fsp3) is 0.417. The van der Waals surface area contributed by atoms with Crippen LogP contribution in [-0.2, 0) is 13.0 Å². The number of halogens is 3. The van der Waals surface area contributed by atoms with Crippen molar-refractivity contribution in [3.63, 3.8) is 0 Å². The van der Waals surface area contributed by atoms with E-state index in [1.165, 1.54) is 34.1 Å². The van der Waals surface area contributed by atoms with Gasteiger partial charge in [-0.2, -0.15) is 13.2 Å². The number of aromatic amines is 1. The van der Waals surface area contributed by atoms with Crippen molar-refractivity contribution in [3.05, 3.63) is 52.3 Å². The van der Waals surface area contributed by atoms with E-state index in [0.717, 1.165) is 43.8 Å². The Balaban J connectivity index is 1.23. The molecule has 0 bridgehead atoms. The Morgan fingerprint density at radius 1 is 1.12 bits per heavy atom. The minimum Gasteiger partial charge on any atom is -0.367 e. The van der Waals surface area contributed by atoms with Crippen LogP contribution >= 0.6 is 11.3 Å². The number of hydrogen-bond donors (Lipinski definition) is 2. The largest absolute Gasteiger partial charge is 0.393 e. The van der Waals surface area contributed by atoms with Crippen LogP contribution in [0.15, 0.2) is 30.6 Å². The average molecular weight is 474 g/mol. The number of thiophene rings is 1. The Labute approximate surface area is 194 Å². The smallest absolute Gasteiger partial charge is 0.367 e. The van der Waals surface area contributed by atoms with E-state index in [2.05, 4.69) is 57.2 Å². The van der Waals surface area contributed by atoms with Gasteiger partial charge >= 0.3 is 6.18 Å². The lowest BCUT2D eigenvalue weighted by Gasteiger charge is -2.33. The molecule has 174 valence electrons. The summed E-state index contributed by atoms with van der Waals surface area (Å²) in [5.41, 5.74) is 5.03. The molecule has 1 saturated heterocycles. The van der Waals surface area contributed by atoms with E-state index in [1.807, 2.05) is 0 Å². The number of nitrogens with zero attached hydrogens (tertiary/aromatic N) is 3. The van der Waals surface area contributed by atoms with E-state index in [9.17, 15) is 13.2 Å². The first kappa shape index (κ1) is 22.2. The molecule has 0 aliphatic carbocycles. The third-order valence-electron chi connectivity index (χ3n) is 6.40. The minimum atomic E-state index is -4.22. The van der Waals surface area contributed by atoms with Gasteiger partial charge in [0.05, 0.1) is 11.8 Å². The van der Waals surface area contributed by atoms with Crippen LogP contribution in [0.1, 0.15) is 34.5 Å². The maximum atomic E-state index is 12.8. The number of H-pyrrole nitrogens is 1. The van der Waals surface area contributed by atoms with Crippen LogP contribution in [0.4, 0.5) is 19.0 Å². The Hall–Kier alpha value is -2.65. The molecular weight excluding hydrogens is 447 g/mol. The second-order valence-corrected chi connectivity index (χ2v) is 10.0. The highest BCUT2D eigenvalue weighted by molar-refractivity contribution is 7.18. The van der Waals surface area contributed by atoms with Crippen molar-refractivity contribution in [1.82, 2.24) is 19.9 Å². The van der Waals surface area contributed by atoms with Gasteiger partial charge in [0.25, 0.3) is 0 Å². The standard InChI is InChI=1S/C24H26F3N5S/c1-14-9-19-15(2)16(3-4-21(19)30-14)12-32-7-5-17(6-8-32)31-22-20-10-18(11-24(25,26)27)33-23(20)29-13-28-22/h3-4,9-10,13,17,30H,5-8,11-12H2,1-2H3,(H,28,29,31). The summed E-state index contributed by atoms with van der Waals surface area (Å²) in [4.78, 5) is 15.2. The fourth-order valence-corrected chi connectivity index (χ4v) is 5.71. The number of fused-ring (bicyclic) bond motifs is 2. The zero-order valence-corrected chi connectivity index (χ0v) is 19.4. The molecule has 0 amide bonds. The number of nitrogens with one attached hydrogen (secondary N) is 2. The Kier molecular flexibility index (Phi) is 5.78. The predicted octanol–water partition coefficient (Wildman–Crippen LogP) is 5.97. The van der Waals surface area contributed by atoms with Crippen LogP contribution in [0.5, 0.6) is 0 Å². The van der Waals surface area contributed by atoms with Gasteiger partial charge in [0.15, 0.2) is 0 Å². The molecule has 1 aliphatic heterocycles. The zero-order valence-electron chi connectivity index (χ0n) is 18.6. The van der Waals surface area contributed by atoms with Gasteiger partial charge in [-0.05, 0) is 56.0 Å². The van der Waals surface area contributed by atoms with E-state index in [4.69, 9.17) is 0 Å². The lowest BCUT2D eigenvalue weighted by atomic mass is 10.0. The topological polar surface area (TPSA) is 56.8 Å². The second kappa shape index (κ2) is 8.61. The first-order valence-corrected chi connectivity index (χ1v) is 11.9. The van der Waals surface area contributed by atoms with Crippen molar-refractivity contribution >= 4 is 38.3 Å². The Morgan fingerprint density at radius 3 is 2.67 bits per heavy atom. The molecule has 0 spiro atoms. The van der Waals surface area contributed by atoms with Gasteiger partial charge < -0.3 is 10.3 Å². The van der Waals surface area contributed by atoms with Crippen LogP contribution < -0.4 is 5.32 Å². The van der Waals surface area contributed by atoms with Gasteiger partial charge in [-0.1, -0.05) is 6.07 Å². The number of piperidine rings is 1. The maximum Gasteiger partial charge on any atom is 0.393 e. The molecule has 2 N–H and O–H groups in total. The summed E-state index contributed by atoms with van der Waals surface area (Å²) in [5, 5.41) is 5.43. The van der Waals surface area contributed by atoms with E-state index in [-0.39, 0.29) is 10.9 Å².